The van der Waals surface area contributed by atoms with Crippen molar-refractivity contribution < 1.29 is 0 Å². The van der Waals surface area contributed by atoms with Crippen LogP contribution in [0.5, 0.6) is 0 Å². The topological polar surface area (TPSA) is 16.1 Å². The van der Waals surface area contributed by atoms with E-state index in [1.165, 1.54) is 43.2 Å². The Morgan fingerprint density at radius 1 is 1.38 bits per heavy atom. The van der Waals surface area contributed by atoms with Crippen LogP contribution in [0.3, 0.4) is 0 Å². The van der Waals surface area contributed by atoms with Crippen LogP contribution in [-0.4, -0.2) is 23.0 Å². The summed E-state index contributed by atoms with van der Waals surface area (Å²) in [5, 5.41) is 3.56. The quantitative estimate of drug-likeness (QED) is 0.677. The van der Waals surface area contributed by atoms with Gasteiger partial charge in [0.2, 0.25) is 5.01 Å². The van der Waals surface area contributed by atoms with Crippen molar-refractivity contribution >= 4 is 10.5 Å². The van der Waals surface area contributed by atoms with E-state index in [4.69, 9.17) is 0 Å². The molecule has 3 heteroatoms. The molecule has 0 amide bonds. The molecule has 1 aliphatic rings. The van der Waals surface area contributed by atoms with E-state index in [1.54, 1.807) is 0 Å². The van der Waals surface area contributed by atoms with E-state index in [1.807, 2.05) is 6.20 Å². The fraction of sp³-hybridized carbons (Fsp3) is 0.700. The number of nitrogens with zero attached hydrogens (tertiary/aromatic N) is 2. The van der Waals surface area contributed by atoms with Crippen molar-refractivity contribution in [3.8, 4) is 0 Å². The summed E-state index contributed by atoms with van der Waals surface area (Å²) in [5.74, 6) is 1.21. The molecular formula is C10H17N2S+. The molecule has 0 bridgehead atoms. The van der Waals surface area contributed by atoms with Crippen LogP contribution in [0.25, 0.3) is 0 Å². The predicted octanol–water partition coefficient (Wildman–Crippen LogP) is 2.58. The highest BCUT2D eigenvalue weighted by molar-refractivity contribution is 7.28. The Bertz CT molecular complexity index is 264. The standard InChI is InChI=1S/C10H17N2S/c1-10-11-5-8-13(10)9-12-6-3-2-4-7-12/h5,8H,2-4,6-7,9H2,1H3/q+1. The van der Waals surface area contributed by atoms with Gasteiger partial charge in [-0.05, 0) is 12.8 Å². The molecule has 72 valence electrons. The highest BCUT2D eigenvalue weighted by atomic mass is 32.2. The first-order valence-corrected chi connectivity index (χ1v) is 6.45. The van der Waals surface area contributed by atoms with Crippen molar-refractivity contribution in [2.24, 2.45) is 0 Å². The smallest absolute Gasteiger partial charge is 0.240 e. The first-order valence-electron chi connectivity index (χ1n) is 4.99. The Labute approximate surface area is 82.6 Å². The van der Waals surface area contributed by atoms with Gasteiger partial charge in [-0.3, -0.25) is 4.90 Å². The summed E-state index contributed by atoms with van der Waals surface area (Å²) >= 11 is 0. The molecule has 0 N–H and O–H groups in total. The lowest BCUT2D eigenvalue weighted by atomic mass is 10.1. The maximum Gasteiger partial charge on any atom is 0.240 e. The third-order valence-corrected chi connectivity index (χ3v) is 4.59. The van der Waals surface area contributed by atoms with E-state index in [-0.39, 0.29) is 0 Å². The Morgan fingerprint density at radius 3 is 2.77 bits per heavy atom. The summed E-state index contributed by atoms with van der Waals surface area (Å²) in [6.45, 7) is 4.74. The van der Waals surface area contributed by atoms with Crippen LogP contribution < -0.4 is 0 Å². The van der Waals surface area contributed by atoms with Crippen molar-refractivity contribution in [2.75, 3.05) is 13.1 Å². The molecule has 0 radical (unpaired) electrons. The minimum atomic E-state index is 0.326. The van der Waals surface area contributed by atoms with Gasteiger partial charge < -0.3 is 0 Å². The van der Waals surface area contributed by atoms with Gasteiger partial charge in [0.25, 0.3) is 0 Å². The summed E-state index contributed by atoms with van der Waals surface area (Å²) in [6, 6.07) is 0. The Morgan fingerprint density at radius 2 is 2.15 bits per heavy atom. The molecule has 2 nitrogen and oxygen atoms in total. The fourth-order valence-electron chi connectivity index (χ4n) is 1.80. The number of likely N-dealkylation sites (tertiary alicyclic amines) is 1. The molecule has 1 aromatic rings. The molecule has 0 saturated carbocycles. The van der Waals surface area contributed by atoms with E-state index in [0.717, 1.165) is 0 Å². The Hall–Kier alpha value is -0.410. The lowest BCUT2D eigenvalue weighted by Crippen LogP contribution is -2.27. The first kappa shape index (κ1) is 9.16. The molecule has 0 aliphatic carbocycles. The number of rotatable bonds is 2. The number of aryl methyl sites for hydroxylation is 1. The van der Waals surface area contributed by atoms with Crippen LogP contribution in [0.4, 0.5) is 0 Å². The monoisotopic (exact) mass is 197 g/mol. The maximum atomic E-state index is 4.30. The number of piperidine rings is 1. The minimum Gasteiger partial charge on any atom is -0.257 e. The molecule has 0 aromatic carbocycles. The van der Waals surface area contributed by atoms with Gasteiger partial charge >= 0.3 is 0 Å². The molecule has 1 unspecified atom stereocenters. The molecular weight excluding hydrogens is 180 g/mol. The van der Waals surface area contributed by atoms with Crippen molar-refractivity contribution in [2.45, 2.75) is 32.1 Å². The van der Waals surface area contributed by atoms with Crippen LogP contribution >= 0.6 is 10.5 Å². The summed E-state index contributed by atoms with van der Waals surface area (Å²) in [5.41, 5.74) is 0. The molecule has 2 heterocycles. The minimum absolute atomic E-state index is 0.326. The Kier molecular flexibility index (Phi) is 2.96. The second-order valence-electron chi connectivity index (χ2n) is 3.67. The molecule has 1 atom stereocenters. The van der Waals surface area contributed by atoms with Gasteiger partial charge in [-0.15, -0.1) is 0 Å². The zero-order chi connectivity index (χ0) is 9.10. The first-order chi connectivity index (χ1) is 6.36. The van der Waals surface area contributed by atoms with Crippen LogP contribution in [0.2, 0.25) is 0 Å². The Balaban J connectivity index is 1.93. The van der Waals surface area contributed by atoms with Gasteiger partial charge in [0, 0.05) is 30.5 Å². The van der Waals surface area contributed by atoms with E-state index in [0.29, 0.717) is 10.5 Å². The van der Waals surface area contributed by atoms with Crippen molar-refractivity contribution in [3.05, 3.63) is 16.6 Å². The number of thiazole rings is 1. The molecule has 1 saturated heterocycles. The van der Waals surface area contributed by atoms with E-state index in [9.17, 15) is 0 Å². The summed E-state index contributed by atoms with van der Waals surface area (Å²) < 4.78 is 0. The third-order valence-electron chi connectivity index (χ3n) is 2.63. The van der Waals surface area contributed by atoms with Gasteiger partial charge in [0.1, 0.15) is 0 Å². The summed E-state index contributed by atoms with van der Waals surface area (Å²) in [4.78, 5) is 6.89. The van der Waals surface area contributed by atoms with Gasteiger partial charge in [0.05, 0.1) is 6.20 Å². The zero-order valence-electron chi connectivity index (χ0n) is 8.20. The van der Waals surface area contributed by atoms with Gasteiger partial charge in [-0.1, -0.05) is 6.42 Å². The van der Waals surface area contributed by atoms with Crippen LogP contribution in [0.15, 0.2) is 11.6 Å². The zero-order valence-corrected chi connectivity index (χ0v) is 9.02. The molecule has 1 aromatic heterocycles. The second-order valence-corrected chi connectivity index (χ2v) is 5.65. The lowest BCUT2D eigenvalue weighted by molar-refractivity contribution is 0.241. The molecule has 0 spiro atoms. The van der Waals surface area contributed by atoms with E-state index < -0.39 is 0 Å². The van der Waals surface area contributed by atoms with E-state index in [2.05, 4.69) is 22.2 Å². The summed E-state index contributed by atoms with van der Waals surface area (Å²) in [6.07, 6.45) is 6.16. The third kappa shape index (κ3) is 2.29. The van der Waals surface area contributed by atoms with Crippen molar-refractivity contribution in [1.82, 2.24) is 9.88 Å². The molecule has 1 aliphatic heterocycles. The van der Waals surface area contributed by atoms with Crippen molar-refractivity contribution in [3.63, 3.8) is 0 Å². The summed E-state index contributed by atoms with van der Waals surface area (Å²) in [7, 11) is 0.326. The second kappa shape index (κ2) is 4.20. The maximum absolute atomic E-state index is 4.30. The highest BCUT2D eigenvalue weighted by Crippen LogP contribution is 2.25. The lowest BCUT2D eigenvalue weighted by Gasteiger charge is -2.22. The predicted molar refractivity (Wildman–Crippen MR) is 56.9 cm³/mol. The fourth-order valence-corrected chi connectivity index (χ4v) is 3.32. The molecule has 2 rings (SSSR count). The average molecular weight is 197 g/mol. The number of hydrogen-bond donors (Lipinski definition) is 0. The van der Waals surface area contributed by atoms with Crippen LogP contribution in [0, 0.1) is 6.92 Å². The molecule has 13 heavy (non-hydrogen) atoms. The largest absolute Gasteiger partial charge is 0.257 e. The van der Waals surface area contributed by atoms with Gasteiger partial charge in [0.15, 0.2) is 11.3 Å². The highest BCUT2D eigenvalue weighted by Gasteiger charge is 2.17. The van der Waals surface area contributed by atoms with Gasteiger partial charge in [-0.2, -0.15) is 0 Å². The van der Waals surface area contributed by atoms with Crippen molar-refractivity contribution in [1.29, 1.82) is 0 Å². The van der Waals surface area contributed by atoms with Crippen LogP contribution in [0.1, 0.15) is 24.3 Å². The van der Waals surface area contributed by atoms with Gasteiger partial charge in [-0.25, -0.2) is 4.98 Å². The van der Waals surface area contributed by atoms with E-state index >= 15 is 0 Å². The average Bonchev–Trinajstić information content (AvgIpc) is 2.54. The number of hydrogen-bond acceptors (Lipinski definition) is 2. The SMILES string of the molecule is Cc1ncc[s+]1CN1CCCCC1. The van der Waals surface area contributed by atoms with Crippen LogP contribution in [-0.2, 0) is 5.88 Å². The molecule has 1 fully saturated rings. The normalized spacial score (nSPS) is 20.5. The number of aromatic nitrogens is 1.